The number of aliphatic imine (C=N–C) groups is 1. The zero-order valence-electron chi connectivity index (χ0n) is 15.7. The number of ether oxygens (including phenoxy) is 2. The maximum atomic E-state index is 6.03. The molecule has 0 saturated carbocycles. The molecule has 2 heterocycles. The molecule has 1 aromatic carbocycles. The van der Waals surface area contributed by atoms with Gasteiger partial charge < -0.3 is 20.1 Å². The van der Waals surface area contributed by atoms with Gasteiger partial charge in [-0.15, -0.1) is 0 Å². The van der Waals surface area contributed by atoms with Crippen LogP contribution in [0.15, 0.2) is 29.3 Å². The molecule has 1 aromatic rings. The normalized spacial score (nSPS) is 21.7. The minimum absolute atomic E-state index is 0.335. The summed E-state index contributed by atoms with van der Waals surface area (Å²) in [4.78, 5) is 4.33. The minimum atomic E-state index is 0.335. The predicted molar refractivity (Wildman–Crippen MR) is 109 cm³/mol. The lowest BCUT2D eigenvalue weighted by Gasteiger charge is -2.22. The topological polar surface area (TPSA) is 54.9 Å². The maximum absolute atomic E-state index is 6.03. The number of nitrogens with one attached hydrogen (secondary N) is 2. The summed E-state index contributed by atoms with van der Waals surface area (Å²) in [5.74, 6) is 2.17. The lowest BCUT2D eigenvalue weighted by Crippen LogP contribution is -2.39. The van der Waals surface area contributed by atoms with Gasteiger partial charge in [0.25, 0.3) is 0 Å². The fourth-order valence-corrected chi connectivity index (χ4v) is 4.51. The summed E-state index contributed by atoms with van der Waals surface area (Å²) in [5, 5.41) is 7.58. The maximum Gasteiger partial charge on any atom is 0.191 e. The average molecular weight is 378 g/mol. The number of thioether (sulfide) groups is 1. The van der Waals surface area contributed by atoms with Crippen LogP contribution in [-0.2, 0) is 22.6 Å². The molecule has 1 unspecified atom stereocenters. The second kappa shape index (κ2) is 10.8. The molecular weight excluding hydrogens is 346 g/mol. The van der Waals surface area contributed by atoms with Crippen molar-refractivity contribution in [2.45, 2.75) is 50.2 Å². The Morgan fingerprint density at radius 2 is 2.08 bits per heavy atom. The van der Waals surface area contributed by atoms with Crippen LogP contribution in [0.1, 0.15) is 36.8 Å². The molecule has 0 radical (unpaired) electrons. The van der Waals surface area contributed by atoms with Crippen LogP contribution in [0.5, 0.6) is 0 Å². The largest absolute Gasteiger partial charge is 0.381 e. The number of guanidine groups is 1. The van der Waals surface area contributed by atoms with Crippen LogP contribution in [-0.4, -0.2) is 49.9 Å². The van der Waals surface area contributed by atoms with Crippen LogP contribution in [0.3, 0.4) is 0 Å². The fraction of sp³-hybridized carbons (Fsp3) is 0.650. The first-order valence-electron chi connectivity index (χ1n) is 9.67. The number of benzene rings is 1. The molecule has 2 saturated heterocycles. The van der Waals surface area contributed by atoms with Gasteiger partial charge in [-0.2, -0.15) is 11.8 Å². The predicted octanol–water partition coefficient (Wildman–Crippen LogP) is 2.94. The van der Waals surface area contributed by atoms with Crippen LogP contribution in [0.25, 0.3) is 0 Å². The SMILES string of the molecule is CN=C(NCc1cccc(COC2CCOCC2)c1)NCC1CCCS1. The smallest absolute Gasteiger partial charge is 0.191 e. The van der Waals surface area contributed by atoms with Crippen molar-refractivity contribution in [2.75, 3.05) is 32.6 Å². The van der Waals surface area contributed by atoms with Gasteiger partial charge in [0.1, 0.15) is 0 Å². The Hall–Kier alpha value is -1.24. The Kier molecular flexibility index (Phi) is 8.11. The molecule has 0 aromatic heterocycles. The van der Waals surface area contributed by atoms with E-state index in [2.05, 4.69) is 51.7 Å². The van der Waals surface area contributed by atoms with Gasteiger partial charge >= 0.3 is 0 Å². The van der Waals surface area contributed by atoms with E-state index in [1.165, 1.54) is 29.7 Å². The van der Waals surface area contributed by atoms with Crippen molar-refractivity contribution in [1.82, 2.24) is 10.6 Å². The van der Waals surface area contributed by atoms with Gasteiger partial charge in [-0.1, -0.05) is 24.3 Å². The van der Waals surface area contributed by atoms with Gasteiger partial charge in [-0.05, 0) is 42.6 Å². The average Bonchev–Trinajstić information content (AvgIpc) is 3.21. The minimum Gasteiger partial charge on any atom is -0.381 e. The quantitative estimate of drug-likeness (QED) is 0.565. The number of nitrogens with zero attached hydrogens (tertiary/aromatic N) is 1. The van der Waals surface area contributed by atoms with Crippen LogP contribution in [0, 0.1) is 0 Å². The third-order valence-electron chi connectivity index (χ3n) is 4.85. The first-order valence-corrected chi connectivity index (χ1v) is 10.7. The summed E-state index contributed by atoms with van der Waals surface area (Å²) >= 11 is 2.06. The highest BCUT2D eigenvalue weighted by molar-refractivity contribution is 8.00. The van der Waals surface area contributed by atoms with E-state index in [1.807, 2.05) is 7.05 Å². The Labute approximate surface area is 161 Å². The summed E-state index contributed by atoms with van der Waals surface area (Å²) in [5.41, 5.74) is 2.47. The Balaban J connectivity index is 1.41. The van der Waals surface area contributed by atoms with Gasteiger partial charge in [0.2, 0.25) is 0 Å². The van der Waals surface area contributed by atoms with Crippen molar-refractivity contribution in [2.24, 2.45) is 4.99 Å². The summed E-state index contributed by atoms with van der Waals surface area (Å²) < 4.78 is 11.4. The van der Waals surface area contributed by atoms with Gasteiger partial charge in [0, 0.05) is 38.6 Å². The zero-order chi connectivity index (χ0) is 18.0. The van der Waals surface area contributed by atoms with E-state index in [0.717, 1.165) is 50.4 Å². The molecule has 3 rings (SSSR count). The van der Waals surface area contributed by atoms with Crippen molar-refractivity contribution in [1.29, 1.82) is 0 Å². The van der Waals surface area contributed by atoms with Gasteiger partial charge in [-0.25, -0.2) is 0 Å². The van der Waals surface area contributed by atoms with Crippen LogP contribution >= 0.6 is 11.8 Å². The number of hydrogen-bond donors (Lipinski definition) is 2. The van der Waals surface area contributed by atoms with Crippen molar-refractivity contribution in [3.05, 3.63) is 35.4 Å². The van der Waals surface area contributed by atoms with Gasteiger partial charge in [0.05, 0.1) is 12.7 Å². The second-order valence-corrected chi connectivity index (χ2v) is 8.29. The monoisotopic (exact) mass is 377 g/mol. The first-order chi connectivity index (χ1) is 12.8. The van der Waals surface area contributed by atoms with Gasteiger partial charge in [0.15, 0.2) is 5.96 Å². The first kappa shape index (κ1) is 19.5. The molecule has 2 fully saturated rings. The van der Waals surface area contributed by atoms with Crippen molar-refractivity contribution < 1.29 is 9.47 Å². The molecule has 0 spiro atoms. The number of hydrogen-bond acceptors (Lipinski definition) is 4. The summed E-state index contributed by atoms with van der Waals surface area (Å²) in [6, 6.07) is 8.59. The van der Waals surface area contributed by atoms with Crippen LogP contribution < -0.4 is 10.6 Å². The molecule has 6 heteroatoms. The van der Waals surface area contributed by atoms with Crippen molar-refractivity contribution >= 4 is 17.7 Å². The molecule has 1 atom stereocenters. The molecule has 2 aliphatic rings. The molecule has 0 bridgehead atoms. The Morgan fingerprint density at radius 1 is 1.23 bits per heavy atom. The molecular formula is C20H31N3O2S. The molecule has 144 valence electrons. The van der Waals surface area contributed by atoms with E-state index >= 15 is 0 Å². The van der Waals surface area contributed by atoms with Crippen LogP contribution in [0.4, 0.5) is 0 Å². The molecule has 26 heavy (non-hydrogen) atoms. The Bertz CT molecular complexity index is 570. The highest BCUT2D eigenvalue weighted by Crippen LogP contribution is 2.25. The van der Waals surface area contributed by atoms with E-state index in [1.54, 1.807) is 0 Å². The summed E-state index contributed by atoms with van der Waals surface area (Å²) in [6.07, 6.45) is 4.99. The lowest BCUT2D eigenvalue weighted by molar-refractivity contribution is -0.0390. The second-order valence-electron chi connectivity index (χ2n) is 6.88. The third kappa shape index (κ3) is 6.49. The lowest BCUT2D eigenvalue weighted by atomic mass is 10.1. The van der Waals surface area contributed by atoms with Crippen LogP contribution in [0.2, 0.25) is 0 Å². The van der Waals surface area contributed by atoms with Gasteiger partial charge in [-0.3, -0.25) is 4.99 Å². The van der Waals surface area contributed by atoms with E-state index in [9.17, 15) is 0 Å². The zero-order valence-corrected chi connectivity index (χ0v) is 16.5. The molecule has 2 N–H and O–H groups in total. The summed E-state index contributed by atoms with van der Waals surface area (Å²) in [6.45, 7) is 4.07. The molecule has 0 aliphatic carbocycles. The fourth-order valence-electron chi connectivity index (χ4n) is 3.31. The highest BCUT2D eigenvalue weighted by Gasteiger charge is 2.16. The van der Waals surface area contributed by atoms with Crippen molar-refractivity contribution in [3.63, 3.8) is 0 Å². The third-order valence-corrected chi connectivity index (χ3v) is 6.25. The Morgan fingerprint density at radius 3 is 2.85 bits per heavy atom. The molecule has 0 amide bonds. The standard InChI is InChI=1S/C20H31N3O2S/c1-21-20(23-14-19-6-3-11-26-19)22-13-16-4-2-5-17(12-16)15-25-18-7-9-24-10-8-18/h2,4-5,12,18-19H,3,6-11,13-15H2,1H3,(H2,21,22,23). The van der Waals surface area contributed by atoms with E-state index < -0.39 is 0 Å². The molecule has 2 aliphatic heterocycles. The van der Waals surface area contributed by atoms with E-state index in [0.29, 0.717) is 12.7 Å². The number of rotatable bonds is 7. The van der Waals surface area contributed by atoms with E-state index in [-0.39, 0.29) is 0 Å². The molecule has 5 nitrogen and oxygen atoms in total. The van der Waals surface area contributed by atoms with Crippen molar-refractivity contribution in [3.8, 4) is 0 Å². The highest BCUT2D eigenvalue weighted by atomic mass is 32.2. The van der Waals surface area contributed by atoms with E-state index in [4.69, 9.17) is 9.47 Å². The summed E-state index contributed by atoms with van der Waals surface area (Å²) in [7, 11) is 1.83.